The number of methoxy groups -OCH3 is 3. The number of esters is 2. The van der Waals surface area contributed by atoms with Crippen molar-refractivity contribution >= 4 is 47.0 Å². The zero-order valence-electron chi connectivity index (χ0n) is 46.3. The molecule has 18 heteroatoms. The number of aliphatic hydroxyl groups is 2. The maximum absolute atomic E-state index is 14.6. The van der Waals surface area contributed by atoms with Crippen molar-refractivity contribution < 1.29 is 77.0 Å². The summed E-state index contributed by atoms with van der Waals surface area (Å²) in [6.45, 7) is 12.4. The average Bonchev–Trinajstić information content (AvgIpc) is 3.72. The summed E-state index contributed by atoms with van der Waals surface area (Å²) in [7, 11) is 4.44. The molecule has 15 atom stereocenters. The number of fused-ring (bicyclic) bond motifs is 3. The molecular weight excluding hydrogens is 981 g/mol. The van der Waals surface area contributed by atoms with Crippen LogP contribution >= 0.6 is 0 Å². The van der Waals surface area contributed by atoms with E-state index in [2.05, 4.69) is 0 Å². The van der Waals surface area contributed by atoms with Crippen molar-refractivity contribution in [2.24, 2.45) is 35.5 Å². The molecule has 5 aliphatic rings. The minimum Gasteiger partial charge on any atom is -0.460 e. The number of piperidine rings is 1. The number of ether oxygens (including phenoxy) is 6. The Morgan fingerprint density at radius 2 is 1.55 bits per heavy atom. The highest BCUT2D eigenvalue weighted by Crippen LogP contribution is 2.38. The van der Waals surface area contributed by atoms with Crippen LogP contribution in [0.4, 0.5) is 0 Å². The van der Waals surface area contributed by atoms with Crippen LogP contribution in [0.3, 0.4) is 0 Å². The van der Waals surface area contributed by atoms with Crippen LogP contribution in [0.5, 0.6) is 0 Å². The molecule has 0 aromatic carbocycles. The van der Waals surface area contributed by atoms with Crippen LogP contribution < -0.4 is 0 Å². The summed E-state index contributed by atoms with van der Waals surface area (Å²) < 4.78 is 35.5. The number of rotatable bonds is 10. The lowest BCUT2D eigenvalue weighted by Gasteiger charge is -2.42. The normalized spacial score (nSPS) is 35.6. The lowest BCUT2D eigenvalue weighted by Crippen LogP contribution is -2.61. The summed E-state index contributed by atoms with van der Waals surface area (Å²) in [5, 5.41) is 23.6. The molecular formula is C58H84N2O16. The van der Waals surface area contributed by atoms with E-state index in [1.54, 1.807) is 40.9 Å². The van der Waals surface area contributed by atoms with Crippen molar-refractivity contribution in [1.82, 2.24) is 9.80 Å². The Balaban J connectivity index is 1.41. The largest absolute Gasteiger partial charge is 0.460 e. The van der Waals surface area contributed by atoms with Gasteiger partial charge in [0.1, 0.15) is 24.4 Å². The number of hydrogen-bond acceptors (Lipinski definition) is 16. The van der Waals surface area contributed by atoms with Crippen LogP contribution in [0.1, 0.15) is 132 Å². The van der Waals surface area contributed by atoms with Gasteiger partial charge in [-0.3, -0.25) is 38.5 Å². The molecule has 0 aromatic rings. The number of ketones is 3. The van der Waals surface area contributed by atoms with Crippen LogP contribution in [0.2, 0.25) is 0 Å². The van der Waals surface area contributed by atoms with Crippen molar-refractivity contribution in [2.75, 3.05) is 34.4 Å². The number of cyclic esters (lactones) is 1. The topological polar surface area (TPSA) is 239 Å². The third kappa shape index (κ3) is 16.1. The predicted molar refractivity (Wildman–Crippen MR) is 279 cm³/mol. The second kappa shape index (κ2) is 28.6. The molecule has 2 saturated heterocycles. The maximum Gasteiger partial charge on any atom is 0.329 e. The van der Waals surface area contributed by atoms with Gasteiger partial charge in [0.25, 0.3) is 23.5 Å². The van der Waals surface area contributed by atoms with E-state index in [1.807, 2.05) is 51.2 Å². The van der Waals surface area contributed by atoms with Crippen LogP contribution in [-0.2, 0) is 66.8 Å². The van der Waals surface area contributed by atoms with Crippen LogP contribution in [0, 0.1) is 35.5 Å². The number of hydrogen-bond donors (Lipinski definition) is 2. The second-order valence-electron chi connectivity index (χ2n) is 22.0. The van der Waals surface area contributed by atoms with Crippen molar-refractivity contribution in [2.45, 2.75) is 186 Å². The summed E-state index contributed by atoms with van der Waals surface area (Å²) in [4.78, 5) is 110. The molecule has 5 rings (SSSR count). The lowest BCUT2D eigenvalue weighted by atomic mass is 9.78. The third-order valence-electron chi connectivity index (χ3n) is 16.2. The van der Waals surface area contributed by atoms with Gasteiger partial charge in [-0.15, -0.1) is 0 Å². The molecule has 4 aliphatic heterocycles. The van der Waals surface area contributed by atoms with Crippen molar-refractivity contribution in [1.29, 1.82) is 0 Å². The number of aliphatic hydroxyl groups excluding tert-OH is 1. The molecule has 2 N–H and O–H groups in total. The summed E-state index contributed by atoms with van der Waals surface area (Å²) in [6.07, 6.45) is 12.0. The Morgan fingerprint density at radius 3 is 2.22 bits per heavy atom. The van der Waals surface area contributed by atoms with E-state index in [9.17, 15) is 48.6 Å². The van der Waals surface area contributed by atoms with Gasteiger partial charge < -0.3 is 43.5 Å². The van der Waals surface area contributed by atoms with E-state index in [0.717, 1.165) is 27.5 Å². The zero-order chi connectivity index (χ0) is 56.0. The number of allylic oxidation sites excluding steroid dienone is 6. The quantitative estimate of drug-likeness (QED) is 0.144. The van der Waals surface area contributed by atoms with Crippen molar-refractivity contribution in [3.63, 3.8) is 0 Å². The minimum atomic E-state index is -2.47. The summed E-state index contributed by atoms with van der Waals surface area (Å²) in [5.74, 6) is -10.2. The number of carbonyl (C=O) groups excluding carboxylic acids is 8. The van der Waals surface area contributed by atoms with Crippen molar-refractivity contribution in [3.8, 4) is 0 Å². The summed E-state index contributed by atoms with van der Waals surface area (Å²) in [6, 6.07) is -1.21. The summed E-state index contributed by atoms with van der Waals surface area (Å²) >= 11 is 0. The van der Waals surface area contributed by atoms with Gasteiger partial charge in [-0.05, 0) is 107 Å². The highest BCUT2D eigenvalue weighted by molar-refractivity contribution is 6.39. The van der Waals surface area contributed by atoms with Gasteiger partial charge in [0.2, 0.25) is 5.79 Å². The van der Waals surface area contributed by atoms with Gasteiger partial charge in [0.05, 0.1) is 30.8 Å². The summed E-state index contributed by atoms with van der Waals surface area (Å²) in [5.41, 5.74) is 1.12. The Morgan fingerprint density at radius 1 is 0.842 bits per heavy atom. The van der Waals surface area contributed by atoms with Crippen LogP contribution in [0.25, 0.3) is 0 Å². The Kier molecular flexibility index (Phi) is 23.3. The van der Waals surface area contributed by atoms with Gasteiger partial charge in [0, 0.05) is 77.2 Å². The number of amides is 3. The number of imide groups is 1. The highest BCUT2D eigenvalue weighted by Gasteiger charge is 2.53. The van der Waals surface area contributed by atoms with E-state index in [1.165, 1.54) is 14.2 Å². The number of carbonyl (C=O) groups is 8. The fourth-order valence-corrected chi connectivity index (χ4v) is 11.3. The van der Waals surface area contributed by atoms with E-state index < -0.39 is 114 Å². The Bertz CT molecular complexity index is 2230. The first-order chi connectivity index (χ1) is 36.0. The molecule has 3 fully saturated rings. The third-order valence-corrected chi connectivity index (χ3v) is 16.2. The second-order valence-corrected chi connectivity index (χ2v) is 22.0. The van der Waals surface area contributed by atoms with E-state index in [-0.39, 0.29) is 67.7 Å². The zero-order valence-corrected chi connectivity index (χ0v) is 46.3. The van der Waals surface area contributed by atoms with Gasteiger partial charge >= 0.3 is 11.9 Å². The van der Waals surface area contributed by atoms with Gasteiger partial charge in [0.15, 0.2) is 11.6 Å². The molecule has 0 spiro atoms. The molecule has 422 valence electrons. The smallest absolute Gasteiger partial charge is 0.329 e. The van der Waals surface area contributed by atoms with Gasteiger partial charge in [-0.1, -0.05) is 71.1 Å². The molecule has 3 amide bonds. The average molecular weight is 1070 g/mol. The number of Topliss-reactive ketones (excluding diaryl/α,β-unsaturated/α-hetero) is 3. The molecule has 1 aliphatic carbocycles. The van der Waals surface area contributed by atoms with E-state index in [4.69, 9.17) is 28.4 Å². The van der Waals surface area contributed by atoms with Crippen LogP contribution in [-0.4, -0.2) is 156 Å². The SMILES string of the molecule is COC1C(=O)[C@H](C)CC(C)C=CC=CC=C(C)[C@@H](OC)C[C@@H]2CC[C@@H](C)[C@@](O)(O2)C(=O)C(=O)N2CCCCC2C(=O)O[C@H]([C@@H](C)C[C@@H]2CC[C@@H](OC(=O)CCN3C(=O)C=CC3=O)[C@H](OC)C2)CC(=O)/C(C)=C/C(C)[C@H]1O. The van der Waals surface area contributed by atoms with Gasteiger partial charge in [-0.2, -0.15) is 0 Å². The predicted octanol–water partition coefficient (Wildman–Crippen LogP) is 6.05. The number of nitrogens with zero attached hydrogens (tertiary/aromatic N) is 2. The molecule has 0 aromatic heterocycles. The fraction of sp³-hybridized carbons (Fsp3) is 0.690. The van der Waals surface area contributed by atoms with Gasteiger partial charge in [-0.25, -0.2) is 4.79 Å². The first-order valence-electron chi connectivity index (χ1n) is 27.3. The first kappa shape index (κ1) is 61.9. The molecule has 2 bridgehead atoms. The van der Waals surface area contributed by atoms with Crippen LogP contribution in [0.15, 0.2) is 59.8 Å². The fourth-order valence-electron chi connectivity index (χ4n) is 11.3. The molecule has 4 unspecified atom stereocenters. The van der Waals surface area contributed by atoms with E-state index >= 15 is 0 Å². The van der Waals surface area contributed by atoms with E-state index in [0.29, 0.717) is 57.8 Å². The Hall–Kier alpha value is -4.98. The highest BCUT2D eigenvalue weighted by atomic mass is 16.6. The lowest BCUT2D eigenvalue weighted by molar-refractivity contribution is -0.265. The molecule has 1 saturated carbocycles. The minimum absolute atomic E-state index is 0.00817. The standard InChI is InChI=1S/C58H84N2O16/c1-34-16-12-11-13-17-35(2)46(71-8)32-42-21-19-40(7)58(70,76-42)55(67)56(68)59-26-15-14-18-43(59)57(69)75-47(33-44(61)36(3)29-39(6)53(66)54(73-10)52(65)38(5)28-34)37(4)30-41-20-22-45(48(31-41)72-9)74-51(64)25-27-60-49(62)23-24-50(60)63/h11-13,16-17,23-24,29,34,37-43,45-48,53-54,66,70H,14-15,18-22,25-28,30-33H2,1-10H3/b13-11?,16-12?,35-17?,36-29+/t34?,37-,38+,39?,40+,41-,42-,43?,45+,46-,47-,48+,53+,54?,58+/m0/s1. The molecule has 18 nitrogen and oxygen atoms in total. The monoisotopic (exact) mass is 1060 g/mol. The molecule has 0 radical (unpaired) electrons. The molecule has 76 heavy (non-hydrogen) atoms. The maximum atomic E-state index is 14.6. The first-order valence-corrected chi connectivity index (χ1v) is 27.3. The molecule has 4 heterocycles. The Labute approximate surface area is 448 Å². The van der Waals surface area contributed by atoms with Crippen molar-refractivity contribution in [3.05, 3.63) is 59.8 Å².